The molecule has 1 atom stereocenters. The third-order valence-electron chi connectivity index (χ3n) is 4.06. The van der Waals surface area contributed by atoms with Gasteiger partial charge in [-0.25, -0.2) is 12.8 Å². The molecule has 0 bridgehead atoms. The van der Waals surface area contributed by atoms with E-state index in [0.29, 0.717) is 26.0 Å². The van der Waals surface area contributed by atoms with E-state index < -0.39 is 33.9 Å². The second kappa shape index (κ2) is 9.25. The van der Waals surface area contributed by atoms with E-state index in [2.05, 4.69) is 10.6 Å². The van der Waals surface area contributed by atoms with E-state index in [9.17, 15) is 22.4 Å². The molecular formula is C17H24FN3O5S. The van der Waals surface area contributed by atoms with Crippen LogP contribution in [0.1, 0.15) is 25.3 Å². The minimum atomic E-state index is -3.95. The molecular weight excluding hydrogens is 377 g/mol. The lowest BCUT2D eigenvalue weighted by Crippen LogP contribution is -2.53. The van der Waals surface area contributed by atoms with E-state index in [4.69, 9.17) is 4.74 Å². The Hall–Kier alpha value is -2.04. The van der Waals surface area contributed by atoms with E-state index in [1.54, 1.807) is 0 Å². The molecule has 0 spiro atoms. The molecule has 0 saturated carbocycles. The molecule has 1 heterocycles. The van der Waals surface area contributed by atoms with Crippen molar-refractivity contribution in [3.05, 3.63) is 29.6 Å². The molecule has 0 radical (unpaired) electrons. The van der Waals surface area contributed by atoms with Crippen LogP contribution in [0.15, 0.2) is 23.1 Å². The molecule has 1 saturated heterocycles. The Labute approximate surface area is 158 Å². The molecule has 8 nitrogen and oxygen atoms in total. The molecule has 1 aliphatic rings. The zero-order valence-electron chi connectivity index (χ0n) is 15.3. The van der Waals surface area contributed by atoms with Gasteiger partial charge in [-0.1, -0.05) is 6.92 Å². The van der Waals surface area contributed by atoms with E-state index in [-0.39, 0.29) is 23.5 Å². The number of aryl methyl sites for hydroxylation is 1. The van der Waals surface area contributed by atoms with Gasteiger partial charge in [0.05, 0.1) is 18.0 Å². The number of benzene rings is 1. The van der Waals surface area contributed by atoms with Crippen molar-refractivity contribution in [2.24, 2.45) is 0 Å². The molecule has 1 aliphatic heterocycles. The fourth-order valence-corrected chi connectivity index (χ4v) is 4.48. The normalized spacial score (nSPS) is 18.1. The van der Waals surface area contributed by atoms with Gasteiger partial charge in [0.2, 0.25) is 10.0 Å². The number of sulfonamides is 1. The zero-order chi connectivity index (χ0) is 20.0. The first-order valence-electron chi connectivity index (χ1n) is 8.73. The van der Waals surface area contributed by atoms with Crippen molar-refractivity contribution in [2.45, 2.75) is 37.8 Å². The predicted octanol–water partition coefficient (Wildman–Crippen LogP) is 0.514. The number of amides is 2. The molecule has 0 aliphatic carbocycles. The lowest BCUT2D eigenvalue weighted by atomic mass is 10.2. The summed E-state index contributed by atoms with van der Waals surface area (Å²) in [7, 11) is -3.95. The van der Waals surface area contributed by atoms with Crippen LogP contribution in [0.25, 0.3) is 0 Å². The van der Waals surface area contributed by atoms with Gasteiger partial charge in [-0.3, -0.25) is 9.59 Å². The molecule has 27 heavy (non-hydrogen) atoms. The Morgan fingerprint density at radius 3 is 2.67 bits per heavy atom. The van der Waals surface area contributed by atoms with Crippen LogP contribution in [0.4, 0.5) is 4.39 Å². The summed E-state index contributed by atoms with van der Waals surface area (Å²) in [4.78, 5) is 23.4. The zero-order valence-corrected chi connectivity index (χ0v) is 16.1. The second-order valence-corrected chi connectivity index (χ2v) is 8.03. The highest BCUT2D eigenvalue weighted by Gasteiger charge is 2.35. The van der Waals surface area contributed by atoms with Gasteiger partial charge in [-0.15, -0.1) is 0 Å². The number of carbonyl (C=O) groups excluding carboxylic acids is 2. The smallest absolute Gasteiger partial charge is 0.309 e. The number of hydrogen-bond donors (Lipinski definition) is 2. The van der Waals surface area contributed by atoms with Crippen LogP contribution in [-0.4, -0.2) is 57.0 Å². The van der Waals surface area contributed by atoms with Crippen molar-refractivity contribution in [3.8, 4) is 0 Å². The van der Waals surface area contributed by atoms with Crippen LogP contribution in [0.5, 0.6) is 0 Å². The van der Waals surface area contributed by atoms with E-state index in [1.165, 1.54) is 13.0 Å². The van der Waals surface area contributed by atoms with Crippen molar-refractivity contribution in [1.29, 1.82) is 0 Å². The van der Waals surface area contributed by atoms with Gasteiger partial charge < -0.3 is 15.4 Å². The van der Waals surface area contributed by atoms with Crippen molar-refractivity contribution in [2.75, 3.05) is 26.2 Å². The number of hydrogen-bond acceptors (Lipinski definition) is 5. The van der Waals surface area contributed by atoms with Crippen LogP contribution in [0.3, 0.4) is 0 Å². The Morgan fingerprint density at radius 1 is 1.30 bits per heavy atom. The fourth-order valence-electron chi connectivity index (χ4n) is 2.71. The lowest BCUT2D eigenvalue weighted by Gasteiger charge is -2.34. The van der Waals surface area contributed by atoms with E-state index in [0.717, 1.165) is 16.4 Å². The van der Waals surface area contributed by atoms with E-state index in [1.807, 2.05) is 6.92 Å². The van der Waals surface area contributed by atoms with Crippen molar-refractivity contribution in [1.82, 2.24) is 14.9 Å². The summed E-state index contributed by atoms with van der Waals surface area (Å²) >= 11 is 0. The van der Waals surface area contributed by atoms with E-state index >= 15 is 0 Å². The molecule has 0 aromatic heterocycles. The maximum Gasteiger partial charge on any atom is 0.309 e. The van der Waals surface area contributed by atoms with Gasteiger partial charge in [0.1, 0.15) is 12.0 Å². The highest BCUT2D eigenvalue weighted by Crippen LogP contribution is 2.25. The highest BCUT2D eigenvalue weighted by atomic mass is 32.2. The van der Waals surface area contributed by atoms with Gasteiger partial charge in [-0.2, -0.15) is 4.31 Å². The SMILES string of the molecule is CCCNC(=O)C(=O)NCC1OCCCN1S(=O)(=O)c1ccc(F)cc1C. The van der Waals surface area contributed by atoms with Crippen LogP contribution in [0.2, 0.25) is 0 Å². The van der Waals surface area contributed by atoms with Gasteiger partial charge >= 0.3 is 11.8 Å². The number of halogens is 1. The molecule has 2 N–H and O–H groups in total. The van der Waals surface area contributed by atoms with Crippen molar-refractivity contribution in [3.63, 3.8) is 0 Å². The predicted molar refractivity (Wildman–Crippen MR) is 95.7 cm³/mol. The minimum Gasteiger partial charge on any atom is -0.360 e. The maximum atomic E-state index is 13.3. The topological polar surface area (TPSA) is 105 Å². The number of ether oxygens (including phenoxy) is 1. The van der Waals surface area contributed by atoms with Gasteiger partial charge in [0, 0.05) is 13.1 Å². The van der Waals surface area contributed by atoms with Crippen LogP contribution >= 0.6 is 0 Å². The Kier molecular flexibility index (Phi) is 7.28. The first-order valence-corrected chi connectivity index (χ1v) is 10.2. The van der Waals surface area contributed by atoms with Gasteiger partial charge in [0.25, 0.3) is 0 Å². The fraction of sp³-hybridized carbons (Fsp3) is 0.529. The van der Waals surface area contributed by atoms with Gasteiger partial charge in [0.15, 0.2) is 0 Å². The van der Waals surface area contributed by atoms with Crippen LogP contribution in [-0.2, 0) is 24.3 Å². The summed E-state index contributed by atoms with van der Waals surface area (Å²) < 4.78 is 45.9. The van der Waals surface area contributed by atoms with Crippen molar-refractivity contribution < 1.29 is 27.1 Å². The molecule has 2 rings (SSSR count). The third-order valence-corrected chi connectivity index (χ3v) is 6.11. The molecule has 1 aromatic rings. The monoisotopic (exact) mass is 401 g/mol. The second-order valence-electron chi connectivity index (χ2n) is 6.17. The number of nitrogens with one attached hydrogen (secondary N) is 2. The summed E-state index contributed by atoms with van der Waals surface area (Å²) in [5.74, 6) is -2.16. The summed E-state index contributed by atoms with van der Waals surface area (Å²) in [6.07, 6.45) is 0.227. The summed E-state index contributed by atoms with van der Waals surface area (Å²) in [5.41, 5.74) is 0.280. The number of nitrogens with zero attached hydrogens (tertiary/aromatic N) is 1. The molecule has 150 valence electrons. The third kappa shape index (κ3) is 5.24. The Morgan fingerprint density at radius 2 is 2.00 bits per heavy atom. The van der Waals surface area contributed by atoms with Gasteiger partial charge in [-0.05, 0) is 43.5 Å². The number of carbonyl (C=O) groups is 2. The Balaban J connectivity index is 2.12. The quantitative estimate of drug-likeness (QED) is 0.676. The highest BCUT2D eigenvalue weighted by molar-refractivity contribution is 7.89. The lowest BCUT2D eigenvalue weighted by molar-refractivity contribution is -0.140. The summed E-state index contributed by atoms with van der Waals surface area (Å²) in [6, 6.07) is 3.44. The summed E-state index contributed by atoms with van der Waals surface area (Å²) in [5, 5.41) is 4.84. The molecule has 1 unspecified atom stereocenters. The van der Waals surface area contributed by atoms with Crippen LogP contribution < -0.4 is 10.6 Å². The minimum absolute atomic E-state index is 0.0218. The number of rotatable bonds is 6. The average Bonchev–Trinajstić information content (AvgIpc) is 2.64. The maximum absolute atomic E-state index is 13.3. The first-order chi connectivity index (χ1) is 12.8. The molecule has 2 amide bonds. The standard InChI is InChI=1S/C17H24FN3O5S/c1-3-7-19-16(22)17(23)20-11-15-21(8-4-9-26-15)27(24,25)14-6-5-13(18)10-12(14)2/h5-6,10,15H,3-4,7-9,11H2,1-2H3,(H,19,22)(H,20,23). The summed E-state index contributed by atoms with van der Waals surface area (Å²) in [6.45, 7) is 4.09. The molecule has 1 aromatic carbocycles. The largest absolute Gasteiger partial charge is 0.360 e. The first kappa shape index (κ1) is 21.3. The Bertz CT molecular complexity index is 800. The average molecular weight is 401 g/mol. The van der Waals surface area contributed by atoms with Crippen LogP contribution in [0, 0.1) is 12.7 Å². The molecule has 10 heteroatoms. The van der Waals surface area contributed by atoms with Crippen molar-refractivity contribution >= 4 is 21.8 Å². The molecule has 1 fully saturated rings.